The molecule has 0 aliphatic heterocycles. The average Bonchev–Trinajstić information content (AvgIpc) is 3.73. The van der Waals surface area contributed by atoms with Gasteiger partial charge >= 0.3 is 0 Å². The van der Waals surface area contributed by atoms with Crippen molar-refractivity contribution in [2.75, 3.05) is 4.90 Å². The molecule has 0 aromatic heterocycles. The van der Waals surface area contributed by atoms with Crippen LogP contribution in [-0.2, 0) is 16.2 Å². The molecule has 1 nitrogen and oxygen atoms in total. The number of nitrogens with zero attached hydrogens (tertiary/aromatic N) is 1. The van der Waals surface area contributed by atoms with Crippen LogP contribution in [0.4, 0.5) is 17.1 Å². The van der Waals surface area contributed by atoms with E-state index < -0.39 is 5.41 Å². The van der Waals surface area contributed by atoms with Crippen molar-refractivity contribution in [3.63, 3.8) is 0 Å². The van der Waals surface area contributed by atoms with Gasteiger partial charge in [-0.2, -0.15) is 0 Å². The molecule has 0 atom stereocenters. The van der Waals surface area contributed by atoms with Crippen molar-refractivity contribution in [3.05, 3.63) is 221 Å². The number of hydrogen-bond acceptors (Lipinski definition) is 1. The molecule has 0 radical (unpaired) electrons. The fraction of sp³-hybridized carbons (Fsp3) is 0.172. The number of aryl methyl sites for hydroxylation is 1. The summed E-state index contributed by atoms with van der Waals surface area (Å²) in [7, 11) is 0. The third-order valence-electron chi connectivity index (χ3n) is 14.1. The van der Waals surface area contributed by atoms with Crippen molar-refractivity contribution in [3.8, 4) is 44.5 Å². The Labute approximate surface area is 349 Å². The number of hydrogen-bond donors (Lipinski definition) is 0. The van der Waals surface area contributed by atoms with E-state index in [0.717, 1.165) is 11.4 Å². The third kappa shape index (κ3) is 5.23. The lowest BCUT2D eigenvalue weighted by molar-refractivity contribution is 0.332. The van der Waals surface area contributed by atoms with E-state index in [0.29, 0.717) is 0 Å². The van der Waals surface area contributed by atoms with E-state index in [1.807, 2.05) is 0 Å². The van der Waals surface area contributed by atoms with E-state index in [-0.39, 0.29) is 10.8 Å². The first kappa shape index (κ1) is 35.7. The first-order chi connectivity index (χ1) is 28.7. The highest BCUT2D eigenvalue weighted by atomic mass is 15.1. The van der Waals surface area contributed by atoms with Crippen molar-refractivity contribution >= 4 is 17.1 Å². The first-order valence-electron chi connectivity index (χ1n) is 21.3. The number of benzene rings is 8. The number of anilines is 3. The topological polar surface area (TPSA) is 3.24 Å². The minimum atomic E-state index is -0.456. The molecule has 8 aromatic rings. The summed E-state index contributed by atoms with van der Waals surface area (Å²) in [5, 5.41) is 0. The SMILES string of the molecule is Cc1cc2c(cc1-c1cc3c(cc1N(c1ccccc1)c1ccc(-c4ccccc4)cc1)C1(c4ccccc4-c4ccccc41)c1ccccc1-3)C(C)(C)CCC2(C)C. The molecule has 0 bridgehead atoms. The Hall–Kier alpha value is -6.44. The van der Waals surface area contributed by atoms with E-state index in [4.69, 9.17) is 0 Å². The van der Waals surface area contributed by atoms with Gasteiger partial charge in [-0.3, -0.25) is 0 Å². The highest BCUT2D eigenvalue weighted by Crippen LogP contribution is 2.64. The van der Waals surface area contributed by atoms with Gasteiger partial charge in [0, 0.05) is 16.9 Å². The summed E-state index contributed by atoms with van der Waals surface area (Å²) in [6.07, 6.45) is 2.36. The minimum absolute atomic E-state index is 0.0739. The standard InChI is InChI=1S/C58H49N/c1-38-34-53-54(57(4,5)33-32-56(53,2)3)36-46(38)48-35-47-45-24-14-17-27-51(45)58(49-25-15-12-22-43(49)44-23-13-16-26-50(44)58)52(47)37-55(48)59(41-20-10-7-11-21-41)42-30-28-40(29-31-42)39-18-8-6-9-19-39/h6-31,34-37H,32-33H2,1-5H3. The van der Waals surface area contributed by atoms with Crippen LogP contribution in [0.5, 0.6) is 0 Å². The van der Waals surface area contributed by atoms with Gasteiger partial charge in [0.25, 0.3) is 0 Å². The quantitative estimate of drug-likeness (QED) is 0.169. The maximum Gasteiger partial charge on any atom is 0.0726 e. The van der Waals surface area contributed by atoms with Crippen LogP contribution in [0, 0.1) is 6.92 Å². The highest BCUT2D eigenvalue weighted by Gasteiger charge is 2.52. The second kappa shape index (κ2) is 13.0. The lowest BCUT2D eigenvalue weighted by Gasteiger charge is -2.42. The smallest absolute Gasteiger partial charge is 0.0726 e. The lowest BCUT2D eigenvalue weighted by Crippen LogP contribution is -2.34. The predicted molar refractivity (Wildman–Crippen MR) is 248 cm³/mol. The maximum atomic E-state index is 2.58. The molecule has 59 heavy (non-hydrogen) atoms. The Kier molecular flexibility index (Phi) is 7.89. The van der Waals surface area contributed by atoms with Crippen LogP contribution in [-0.4, -0.2) is 0 Å². The molecule has 0 unspecified atom stereocenters. The van der Waals surface area contributed by atoms with E-state index in [1.165, 1.54) is 102 Å². The molecular formula is C58H49N. The number of rotatable bonds is 5. The fourth-order valence-corrected chi connectivity index (χ4v) is 11.0. The van der Waals surface area contributed by atoms with E-state index in [1.54, 1.807) is 0 Å². The fourth-order valence-electron chi connectivity index (χ4n) is 11.0. The van der Waals surface area contributed by atoms with Gasteiger partial charge in [-0.05, 0) is 151 Å². The zero-order chi connectivity index (χ0) is 40.1. The summed E-state index contributed by atoms with van der Waals surface area (Å²) in [6.45, 7) is 12.1. The summed E-state index contributed by atoms with van der Waals surface area (Å²) in [4.78, 5) is 2.52. The van der Waals surface area contributed by atoms with E-state index in [9.17, 15) is 0 Å². The monoisotopic (exact) mass is 759 g/mol. The summed E-state index contributed by atoms with van der Waals surface area (Å²) in [6, 6.07) is 68.6. The molecule has 3 aliphatic carbocycles. The van der Waals surface area contributed by atoms with Crippen molar-refractivity contribution in [1.29, 1.82) is 0 Å². The Morgan fingerprint density at radius 3 is 1.39 bits per heavy atom. The molecule has 8 aromatic carbocycles. The summed E-state index contributed by atoms with van der Waals surface area (Å²) in [5.41, 5.74) is 23.2. The molecule has 0 saturated carbocycles. The summed E-state index contributed by atoms with van der Waals surface area (Å²) in [5.74, 6) is 0. The Morgan fingerprint density at radius 1 is 0.356 bits per heavy atom. The molecule has 1 heteroatoms. The molecule has 0 fully saturated rings. The second-order valence-corrected chi connectivity index (χ2v) is 18.4. The lowest BCUT2D eigenvalue weighted by atomic mass is 9.62. The molecule has 11 rings (SSSR count). The molecule has 286 valence electrons. The average molecular weight is 760 g/mol. The normalized spacial score (nSPS) is 15.8. The van der Waals surface area contributed by atoms with Crippen molar-refractivity contribution in [2.45, 2.75) is 63.7 Å². The summed E-state index contributed by atoms with van der Waals surface area (Å²) >= 11 is 0. The van der Waals surface area contributed by atoms with Crippen LogP contribution in [0.3, 0.4) is 0 Å². The van der Waals surface area contributed by atoms with Crippen molar-refractivity contribution < 1.29 is 0 Å². The van der Waals surface area contributed by atoms with Gasteiger partial charge in [0.2, 0.25) is 0 Å². The Morgan fingerprint density at radius 2 is 0.814 bits per heavy atom. The molecule has 3 aliphatic rings. The van der Waals surface area contributed by atoms with Crippen molar-refractivity contribution in [2.24, 2.45) is 0 Å². The van der Waals surface area contributed by atoms with Crippen LogP contribution < -0.4 is 4.90 Å². The first-order valence-corrected chi connectivity index (χ1v) is 21.3. The van der Waals surface area contributed by atoms with Gasteiger partial charge in [-0.25, -0.2) is 0 Å². The molecule has 0 heterocycles. The minimum Gasteiger partial charge on any atom is -0.310 e. The number of fused-ring (bicyclic) bond motifs is 11. The zero-order valence-corrected chi connectivity index (χ0v) is 34.7. The van der Waals surface area contributed by atoms with Gasteiger partial charge in [-0.15, -0.1) is 0 Å². The van der Waals surface area contributed by atoms with Crippen LogP contribution >= 0.6 is 0 Å². The Bertz CT molecular complexity index is 2890. The van der Waals surface area contributed by atoms with Gasteiger partial charge in [-0.1, -0.05) is 167 Å². The molecule has 0 saturated heterocycles. The second-order valence-electron chi connectivity index (χ2n) is 18.4. The van der Waals surface area contributed by atoms with Gasteiger partial charge in [0.05, 0.1) is 11.1 Å². The zero-order valence-electron chi connectivity index (χ0n) is 34.7. The Balaban J connectivity index is 1.25. The van der Waals surface area contributed by atoms with Gasteiger partial charge in [0.1, 0.15) is 0 Å². The largest absolute Gasteiger partial charge is 0.310 e. The third-order valence-corrected chi connectivity index (χ3v) is 14.1. The van der Waals surface area contributed by atoms with Crippen LogP contribution in [0.1, 0.15) is 79.5 Å². The molecular weight excluding hydrogens is 711 g/mol. The summed E-state index contributed by atoms with van der Waals surface area (Å²) < 4.78 is 0. The van der Waals surface area contributed by atoms with Gasteiger partial charge < -0.3 is 4.90 Å². The molecule has 0 amide bonds. The van der Waals surface area contributed by atoms with Crippen LogP contribution in [0.2, 0.25) is 0 Å². The van der Waals surface area contributed by atoms with Gasteiger partial charge in [0.15, 0.2) is 0 Å². The highest BCUT2D eigenvalue weighted by molar-refractivity contribution is 6.00. The van der Waals surface area contributed by atoms with E-state index >= 15 is 0 Å². The molecule has 0 N–H and O–H groups in total. The number of para-hydroxylation sites is 1. The predicted octanol–water partition coefficient (Wildman–Crippen LogP) is 15.5. The molecule has 1 spiro atoms. The van der Waals surface area contributed by atoms with Crippen molar-refractivity contribution in [1.82, 2.24) is 0 Å². The van der Waals surface area contributed by atoms with Crippen LogP contribution in [0.25, 0.3) is 44.5 Å². The van der Waals surface area contributed by atoms with E-state index in [2.05, 4.69) is 222 Å². The maximum absolute atomic E-state index is 2.58. The van der Waals surface area contributed by atoms with Crippen LogP contribution in [0.15, 0.2) is 182 Å².